The molecule has 9 heteroatoms. The molecule has 2 rings (SSSR count). The minimum absolute atomic E-state index is 0.114. The predicted octanol–water partition coefficient (Wildman–Crippen LogP) is 5.30. The molecule has 0 atom stereocenters. The van der Waals surface area contributed by atoms with Gasteiger partial charge in [-0.3, -0.25) is 4.79 Å². The maximum absolute atomic E-state index is 12.9. The number of halogens is 5. The van der Waals surface area contributed by atoms with E-state index in [4.69, 9.17) is 16.9 Å². The second-order valence-electron chi connectivity index (χ2n) is 5.65. The summed E-state index contributed by atoms with van der Waals surface area (Å²) >= 11 is 8.91. The van der Waals surface area contributed by atoms with E-state index in [-0.39, 0.29) is 11.3 Å². The van der Waals surface area contributed by atoms with Crippen LogP contribution in [0.2, 0.25) is 5.02 Å². The monoisotopic (exact) mass is 471 g/mol. The van der Waals surface area contributed by atoms with Crippen LogP contribution in [0, 0.1) is 11.3 Å². The molecule has 0 aliphatic heterocycles. The van der Waals surface area contributed by atoms with Crippen LogP contribution in [0.15, 0.2) is 58.7 Å². The summed E-state index contributed by atoms with van der Waals surface area (Å²) in [6.07, 6.45) is -2.77. The molecule has 0 saturated carbocycles. The van der Waals surface area contributed by atoms with Crippen molar-refractivity contribution in [1.29, 1.82) is 5.26 Å². The average Bonchev–Trinajstić information content (AvgIpc) is 2.62. The van der Waals surface area contributed by atoms with E-state index in [2.05, 4.69) is 26.6 Å². The lowest BCUT2D eigenvalue weighted by atomic mass is 10.1. The molecular weight excluding hydrogens is 459 g/mol. The van der Waals surface area contributed by atoms with E-state index in [1.807, 2.05) is 24.3 Å². The first-order valence-electron chi connectivity index (χ1n) is 7.97. The van der Waals surface area contributed by atoms with Gasteiger partial charge in [-0.1, -0.05) is 39.7 Å². The zero-order valence-corrected chi connectivity index (χ0v) is 16.6. The van der Waals surface area contributed by atoms with Gasteiger partial charge in [0.2, 0.25) is 0 Å². The number of amides is 1. The molecule has 0 bridgehead atoms. The molecule has 0 radical (unpaired) electrons. The van der Waals surface area contributed by atoms with E-state index in [0.717, 1.165) is 22.2 Å². The fourth-order valence-corrected chi connectivity index (χ4v) is 2.92. The van der Waals surface area contributed by atoms with E-state index in [0.29, 0.717) is 13.0 Å². The molecule has 0 spiro atoms. The van der Waals surface area contributed by atoms with Crippen molar-refractivity contribution in [3.05, 3.63) is 74.9 Å². The number of hydrogen-bond donors (Lipinski definition) is 2. The van der Waals surface area contributed by atoms with Gasteiger partial charge in [0, 0.05) is 22.9 Å². The molecule has 2 aromatic carbocycles. The molecular formula is C19H14BrClF3N3O. The molecule has 0 aromatic heterocycles. The highest BCUT2D eigenvalue weighted by Gasteiger charge is 2.33. The fourth-order valence-electron chi connectivity index (χ4n) is 2.25. The van der Waals surface area contributed by atoms with Crippen LogP contribution in [0.1, 0.15) is 11.1 Å². The van der Waals surface area contributed by atoms with Crippen molar-refractivity contribution in [1.82, 2.24) is 5.32 Å². The zero-order valence-electron chi connectivity index (χ0n) is 14.3. The zero-order chi connectivity index (χ0) is 20.7. The van der Waals surface area contributed by atoms with Gasteiger partial charge in [-0.05, 0) is 42.3 Å². The number of carbonyl (C=O) groups excluding carboxylic acids is 1. The molecule has 1 amide bonds. The number of hydrogen-bond acceptors (Lipinski definition) is 3. The van der Waals surface area contributed by atoms with E-state index in [1.165, 1.54) is 12.3 Å². The number of nitriles is 1. The Bertz CT molecular complexity index is 939. The average molecular weight is 473 g/mol. The van der Waals surface area contributed by atoms with Gasteiger partial charge < -0.3 is 10.6 Å². The Hall–Kier alpha value is -2.50. The van der Waals surface area contributed by atoms with Crippen molar-refractivity contribution in [3.8, 4) is 6.07 Å². The summed E-state index contributed by atoms with van der Waals surface area (Å²) in [7, 11) is 0. The van der Waals surface area contributed by atoms with Crippen LogP contribution in [-0.4, -0.2) is 12.5 Å². The number of nitrogens with zero attached hydrogens (tertiary/aromatic N) is 1. The van der Waals surface area contributed by atoms with Gasteiger partial charge in [0.05, 0.1) is 10.6 Å². The summed E-state index contributed by atoms with van der Waals surface area (Å²) in [5.41, 5.74) is -0.393. The first-order chi connectivity index (χ1) is 13.2. The van der Waals surface area contributed by atoms with Crippen molar-refractivity contribution in [2.45, 2.75) is 12.6 Å². The number of nitrogens with one attached hydrogen (secondary N) is 2. The fraction of sp³-hybridized carbons (Fsp3) is 0.158. The van der Waals surface area contributed by atoms with Gasteiger partial charge in [-0.15, -0.1) is 0 Å². The summed E-state index contributed by atoms with van der Waals surface area (Å²) in [6.45, 7) is 0.466. The Kier molecular flexibility index (Phi) is 7.49. The normalized spacial score (nSPS) is 11.6. The van der Waals surface area contributed by atoms with Crippen molar-refractivity contribution in [2.75, 3.05) is 11.9 Å². The second-order valence-corrected chi connectivity index (χ2v) is 6.97. The van der Waals surface area contributed by atoms with Crippen LogP contribution in [0.25, 0.3) is 0 Å². The van der Waals surface area contributed by atoms with E-state index in [1.54, 1.807) is 6.07 Å². The minimum atomic E-state index is -4.65. The van der Waals surface area contributed by atoms with Gasteiger partial charge in [-0.2, -0.15) is 18.4 Å². The maximum atomic E-state index is 12.9. The second kappa shape index (κ2) is 9.62. The molecule has 28 heavy (non-hydrogen) atoms. The summed E-state index contributed by atoms with van der Waals surface area (Å²) in [5, 5.41) is 13.8. The maximum Gasteiger partial charge on any atom is 0.417 e. The third-order valence-corrected chi connectivity index (χ3v) is 4.41. The quantitative estimate of drug-likeness (QED) is 0.341. The van der Waals surface area contributed by atoms with Crippen LogP contribution in [0.4, 0.5) is 18.9 Å². The standard InChI is InChI=1S/C19H14BrClF3N3O/c20-14-3-1-2-12(8-14)6-7-26-11-13(10-25)18(28)27-15-4-5-17(21)16(9-15)19(22,23)24/h1-5,8-9,11,26H,6-7H2,(H,27,28)/b13-11-. The van der Waals surface area contributed by atoms with Crippen LogP contribution in [0.3, 0.4) is 0 Å². The number of benzene rings is 2. The van der Waals surface area contributed by atoms with Gasteiger partial charge in [0.25, 0.3) is 5.91 Å². The molecule has 0 fully saturated rings. The molecule has 2 N–H and O–H groups in total. The number of alkyl halides is 3. The molecule has 0 saturated heterocycles. The molecule has 0 heterocycles. The number of rotatable bonds is 6. The van der Waals surface area contributed by atoms with E-state index < -0.39 is 22.7 Å². The smallest absolute Gasteiger partial charge is 0.389 e. The van der Waals surface area contributed by atoms with Gasteiger partial charge >= 0.3 is 6.18 Å². The SMILES string of the molecule is N#C/C(=C/NCCc1cccc(Br)c1)C(=O)Nc1ccc(Cl)c(C(F)(F)F)c1. The first kappa shape index (κ1) is 21.8. The topological polar surface area (TPSA) is 64.9 Å². The van der Waals surface area contributed by atoms with Gasteiger partial charge in [0.1, 0.15) is 11.6 Å². The Balaban J connectivity index is 1.99. The van der Waals surface area contributed by atoms with Gasteiger partial charge in [-0.25, -0.2) is 0 Å². The highest BCUT2D eigenvalue weighted by atomic mass is 79.9. The summed E-state index contributed by atoms with van der Waals surface area (Å²) in [5.74, 6) is -0.826. The third kappa shape index (κ3) is 6.29. The van der Waals surface area contributed by atoms with Crippen molar-refractivity contribution in [2.24, 2.45) is 0 Å². The lowest BCUT2D eigenvalue weighted by molar-refractivity contribution is -0.137. The van der Waals surface area contributed by atoms with Crippen LogP contribution in [0.5, 0.6) is 0 Å². The minimum Gasteiger partial charge on any atom is -0.389 e. The van der Waals surface area contributed by atoms with Gasteiger partial charge in [0.15, 0.2) is 0 Å². The molecule has 146 valence electrons. The van der Waals surface area contributed by atoms with Crippen molar-refractivity contribution >= 4 is 39.1 Å². The highest BCUT2D eigenvalue weighted by Crippen LogP contribution is 2.36. The Morgan fingerprint density at radius 3 is 2.64 bits per heavy atom. The Labute approximate surface area is 173 Å². The lowest BCUT2D eigenvalue weighted by Gasteiger charge is -2.11. The van der Waals surface area contributed by atoms with Crippen molar-refractivity contribution in [3.63, 3.8) is 0 Å². The summed E-state index contributed by atoms with van der Waals surface area (Å²) in [4.78, 5) is 12.1. The van der Waals surface area contributed by atoms with Crippen LogP contribution in [-0.2, 0) is 17.4 Å². The number of carbonyl (C=O) groups is 1. The van der Waals surface area contributed by atoms with Crippen LogP contribution < -0.4 is 10.6 Å². The largest absolute Gasteiger partial charge is 0.417 e. The summed E-state index contributed by atoms with van der Waals surface area (Å²) < 4.78 is 39.6. The van der Waals surface area contributed by atoms with E-state index >= 15 is 0 Å². The highest BCUT2D eigenvalue weighted by molar-refractivity contribution is 9.10. The molecule has 2 aromatic rings. The predicted molar refractivity (Wildman–Crippen MR) is 105 cm³/mol. The van der Waals surface area contributed by atoms with E-state index in [9.17, 15) is 18.0 Å². The lowest BCUT2D eigenvalue weighted by Crippen LogP contribution is -2.18. The molecule has 0 aliphatic rings. The Morgan fingerprint density at radius 1 is 1.25 bits per heavy atom. The van der Waals surface area contributed by atoms with Crippen molar-refractivity contribution < 1.29 is 18.0 Å². The third-order valence-electron chi connectivity index (χ3n) is 3.59. The first-order valence-corrected chi connectivity index (χ1v) is 9.14. The summed E-state index contributed by atoms with van der Waals surface area (Å²) in [6, 6.07) is 12.4. The molecule has 4 nitrogen and oxygen atoms in total. The number of anilines is 1. The Morgan fingerprint density at radius 2 is 2.00 bits per heavy atom. The van der Waals surface area contributed by atoms with Crippen LogP contribution >= 0.6 is 27.5 Å². The molecule has 0 aliphatic carbocycles. The molecule has 0 unspecified atom stereocenters.